The zero-order valence-electron chi connectivity index (χ0n) is 13.1. The molecule has 2 fully saturated rings. The van der Waals surface area contributed by atoms with Crippen LogP contribution in [-0.4, -0.2) is 47.2 Å². The summed E-state index contributed by atoms with van der Waals surface area (Å²) < 4.78 is 0. The highest BCUT2D eigenvalue weighted by atomic mass is 16.3. The molecule has 0 saturated carbocycles. The predicted octanol–water partition coefficient (Wildman–Crippen LogP) is 2.20. The Bertz CT molecular complexity index is 449. The summed E-state index contributed by atoms with van der Waals surface area (Å²) in [6, 6.07) is 4.76. The molecule has 116 valence electrons. The second kappa shape index (κ2) is 6.75. The van der Waals surface area contributed by atoms with E-state index >= 15 is 0 Å². The van der Waals surface area contributed by atoms with Gasteiger partial charge in [-0.2, -0.15) is 0 Å². The summed E-state index contributed by atoms with van der Waals surface area (Å²) in [7, 11) is 0. The fourth-order valence-corrected chi connectivity index (χ4v) is 3.60. The van der Waals surface area contributed by atoms with Gasteiger partial charge in [-0.15, -0.1) is 0 Å². The molecule has 1 unspecified atom stereocenters. The summed E-state index contributed by atoms with van der Waals surface area (Å²) in [6.45, 7) is 6.93. The van der Waals surface area contributed by atoms with E-state index in [0.29, 0.717) is 6.04 Å². The van der Waals surface area contributed by atoms with Crippen LogP contribution < -0.4 is 4.90 Å². The number of likely N-dealkylation sites (tertiary alicyclic amines) is 1. The van der Waals surface area contributed by atoms with Crippen LogP contribution in [0.3, 0.4) is 0 Å². The molecular weight excluding hydrogens is 262 g/mol. The lowest BCUT2D eigenvalue weighted by Gasteiger charge is -2.32. The maximum absolute atomic E-state index is 9.43. The average molecular weight is 289 g/mol. The van der Waals surface area contributed by atoms with Crippen LogP contribution in [0, 0.1) is 0 Å². The maximum atomic E-state index is 9.43. The van der Waals surface area contributed by atoms with Crippen molar-refractivity contribution in [1.29, 1.82) is 0 Å². The van der Waals surface area contributed by atoms with Gasteiger partial charge in [0, 0.05) is 24.8 Å². The van der Waals surface area contributed by atoms with Crippen molar-refractivity contribution in [3.05, 3.63) is 23.4 Å². The van der Waals surface area contributed by atoms with E-state index in [2.05, 4.69) is 22.8 Å². The van der Waals surface area contributed by atoms with Crippen molar-refractivity contribution in [3.63, 3.8) is 0 Å². The van der Waals surface area contributed by atoms with Crippen molar-refractivity contribution in [3.8, 4) is 0 Å². The first kappa shape index (κ1) is 14.8. The molecule has 0 aromatic carbocycles. The summed E-state index contributed by atoms with van der Waals surface area (Å²) in [6.07, 6.45) is 6.27. The van der Waals surface area contributed by atoms with E-state index in [1.807, 2.05) is 6.07 Å². The third-order valence-electron chi connectivity index (χ3n) is 4.86. The Hall–Kier alpha value is -1.13. The van der Waals surface area contributed by atoms with Crippen LogP contribution in [0.5, 0.6) is 0 Å². The predicted molar refractivity (Wildman–Crippen MR) is 85.6 cm³/mol. The molecule has 0 aliphatic carbocycles. The molecule has 2 aliphatic heterocycles. The second-order valence-electron chi connectivity index (χ2n) is 6.32. The fourth-order valence-electron chi connectivity index (χ4n) is 3.60. The second-order valence-corrected chi connectivity index (χ2v) is 6.32. The number of hydrogen-bond donors (Lipinski definition) is 1. The van der Waals surface area contributed by atoms with Crippen LogP contribution in [0.4, 0.5) is 5.82 Å². The lowest BCUT2D eigenvalue weighted by molar-refractivity contribution is 0.175. The minimum atomic E-state index is 0.103. The molecule has 0 radical (unpaired) electrons. The van der Waals surface area contributed by atoms with Crippen molar-refractivity contribution in [2.45, 2.75) is 51.7 Å². The van der Waals surface area contributed by atoms with Gasteiger partial charge in [0.05, 0.1) is 6.61 Å². The summed E-state index contributed by atoms with van der Waals surface area (Å²) >= 11 is 0. The van der Waals surface area contributed by atoms with Gasteiger partial charge in [-0.3, -0.25) is 4.90 Å². The summed E-state index contributed by atoms with van der Waals surface area (Å²) in [5.74, 6) is 1.05. The number of aromatic nitrogens is 1. The van der Waals surface area contributed by atoms with E-state index < -0.39 is 0 Å². The average Bonchev–Trinajstić information content (AvgIpc) is 3.05. The van der Waals surface area contributed by atoms with Gasteiger partial charge in [-0.25, -0.2) is 4.98 Å². The van der Waals surface area contributed by atoms with Gasteiger partial charge >= 0.3 is 0 Å². The van der Waals surface area contributed by atoms with Crippen LogP contribution in [-0.2, 0) is 13.0 Å². The van der Waals surface area contributed by atoms with E-state index in [4.69, 9.17) is 4.98 Å². The molecule has 2 aliphatic rings. The molecule has 1 atom stereocenters. The third kappa shape index (κ3) is 3.38. The standard InChI is InChI=1S/C17H27N3O/c1-2-15-10-14(13-21)11-17(18-15)20-9-6-16(12-20)19-7-4-3-5-8-19/h10-11,16,21H,2-9,12-13H2,1H3. The molecule has 3 rings (SSSR count). The number of aryl methyl sites for hydroxylation is 1. The Morgan fingerprint density at radius 2 is 2.00 bits per heavy atom. The van der Waals surface area contributed by atoms with Crippen molar-refractivity contribution >= 4 is 5.82 Å². The molecule has 1 N–H and O–H groups in total. The number of aliphatic hydroxyl groups excluding tert-OH is 1. The van der Waals surface area contributed by atoms with Gasteiger partial charge in [0.15, 0.2) is 0 Å². The Morgan fingerprint density at radius 3 is 2.71 bits per heavy atom. The lowest BCUT2D eigenvalue weighted by atomic mass is 10.1. The Balaban J connectivity index is 1.70. The van der Waals surface area contributed by atoms with E-state index in [-0.39, 0.29) is 6.61 Å². The zero-order chi connectivity index (χ0) is 14.7. The number of nitrogens with zero attached hydrogens (tertiary/aromatic N) is 3. The highest BCUT2D eigenvalue weighted by molar-refractivity contribution is 5.44. The first-order chi connectivity index (χ1) is 10.3. The SMILES string of the molecule is CCc1cc(CO)cc(N2CCC(N3CCCCC3)C2)n1. The smallest absolute Gasteiger partial charge is 0.129 e. The molecule has 1 aromatic rings. The van der Waals surface area contributed by atoms with Gasteiger partial charge in [0.25, 0.3) is 0 Å². The molecule has 4 nitrogen and oxygen atoms in total. The largest absolute Gasteiger partial charge is 0.392 e. The Labute approximate surface area is 127 Å². The van der Waals surface area contributed by atoms with Gasteiger partial charge in [0.1, 0.15) is 5.82 Å². The highest BCUT2D eigenvalue weighted by Gasteiger charge is 2.29. The van der Waals surface area contributed by atoms with Crippen LogP contribution >= 0.6 is 0 Å². The van der Waals surface area contributed by atoms with E-state index in [1.165, 1.54) is 38.8 Å². The molecule has 4 heteroatoms. The quantitative estimate of drug-likeness (QED) is 0.922. The highest BCUT2D eigenvalue weighted by Crippen LogP contribution is 2.25. The number of pyridine rings is 1. The molecule has 2 saturated heterocycles. The topological polar surface area (TPSA) is 39.6 Å². The lowest BCUT2D eigenvalue weighted by Crippen LogP contribution is -2.41. The summed E-state index contributed by atoms with van der Waals surface area (Å²) in [4.78, 5) is 9.82. The van der Waals surface area contributed by atoms with Crippen molar-refractivity contribution in [1.82, 2.24) is 9.88 Å². The molecular formula is C17H27N3O. The third-order valence-corrected chi connectivity index (χ3v) is 4.86. The van der Waals surface area contributed by atoms with Gasteiger partial charge < -0.3 is 10.0 Å². The van der Waals surface area contributed by atoms with Crippen LogP contribution in [0.25, 0.3) is 0 Å². The first-order valence-corrected chi connectivity index (χ1v) is 8.40. The van der Waals surface area contributed by atoms with Crippen molar-refractivity contribution in [2.24, 2.45) is 0 Å². The molecule has 1 aromatic heterocycles. The first-order valence-electron chi connectivity index (χ1n) is 8.40. The minimum Gasteiger partial charge on any atom is -0.392 e. The van der Waals surface area contributed by atoms with Crippen LogP contribution in [0.2, 0.25) is 0 Å². The van der Waals surface area contributed by atoms with E-state index in [0.717, 1.165) is 36.6 Å². The maximum Gasteiger partial charge on any atom is 0.129 e. The number of aliphatic hydroxyl groups is 1. The fraction of sp³-hybridized carbons (Fsp3) is 0.706. The Kier molecular flexibility index (Phi) is 4.76. The van der Waals surface area contributed by atoms with Gasteiger partial charge in [-0.1, -0.05) is 13.3 Å². The van der Waals surface area contributed by atoms with E-state index in [1.54, 1.807) is 0 Å². The monoisotopic (exact) mass is 289 g/mol. The molecule has 0 bridgehead atoms. The van der Waals surface area contributed by atoms with Crippen molar-refractivity contribution < 1.29 is 5.11 Å². The van der Waals surface area contributed by atoms with E-state index in [9.17, 15) is 5.11 Å². The summed E-state index contributed by atoms with van der Waals surface area (Å²) in [5.41, 5.74) is 2.07. The Morgan fingerprint density at radius 1 is 1.19 bits per heavy atom. The van der Waals surface area contributed by atoms with Gasteiger partial charge in [-0.05, 0) is 56.5 Å². The number of rotatable bonds is 4. The summed E-state index contributed by atoms with van der Waals surface area (Å²) in [5, 5.41) is 9.43. The van der Waals surface area contributed by atoms with Crippen LogP contribution in [0.15, 0.2) is 12.1 Å². The zero-order valence-corrected chi connectivity index (χ0v) is 13.1. The molecule has 0 amide bonds. The van der Waals surface area contributed by atoms with Crippen LogP contribution in [0.1, 0.15) is 43.9 Å². The molecule has 21 heavy (non-hydrogen) atoms. The normalized spacial score (nSPS) is 23.7. The number of hydrogen-bond acceptors (Lipinski definition) is 4. The van der Waals surface area contributed by atoms with Gasteiger partial charge in [0.2, 0.25) is 0 Å². The molecule has 0 spiro atoms. The minimum absolute atomic E-state index is 0.103. The van der Waals surface area contributed by atoms with Crippen molar-refractivity contribution in [2.75, 3.05) is 31.1 Å². The number of piperidine rings is 1. The molecule has 3 heterocycles. The number of anilines is 1.